The highest BCUT2D eigenvalue weighted by Gasteiger charge is 2.17. The topological polar surface area (TPSA) is 12.4 Å². The van der Waals surface area contributed by atoms with E-state index in [0.29, 0.717) is 0 Å². The van der Waals surface area contributed by atoms with Gasteiger partial charge in [0.2, 0.25) is 0 Å². The highest BCUT2D eigenvalue weighted by atomic mass is 14.7. The van der Waals surface area contributed by atoms with Crippen molar-refractivity contribution >= 4 is 5.71 Å². The van der Waals surface area contributed by atoms with Crippen molar-refractivity contribution in [1.82, 2.24) is 0 Å². The predicted molar refractivity (Wildman–Crippen MR) is 31.8 cm³/mol. The average molecular weight is 97.2 g/mol. The Morgan fingerprint density at radius 2 is 2.14 bits per heavy atom. The van der Waals surface area contributed by atoms with Gasteiger partial charge >= 0.3 is 0 Å². The lowest BCUT2D eigenvalue weighted by atomic mass is 9.85. The molecule has 0 N–H and O–H groups in total. The molecule has 1 fully saturated rings. The first-order chi connectivity index (χ1) is 3.33. The number of nitrogens with zero attached hydrogens (tertiary/aromatic N) is 1. The second-order valence-electron chi connectivity index (χ2n) is 2.30. The number of hydrogen-bond acceptors (Lipinski definition) is 1. The molecule has 0 unspecified atom stereocenters. The molecule has 0 aromatic rings. The summed E-state index contributed by atoms with van der Waals surface area (Å²) in [5, 5.41) is 0. The Morgan fingerprint density at radius 3 is 2.29 bits per heavy atom. The van der Waals surface area contributed by atoms with E-state index in [0.717, 1.165) is 5.92 Å². The molecule has 0 spiro atoms. The van der Waals surface area contributed by atoms with E-state index in [4.69, 9.17) is 0 Å². The highest BCUT2D eigenvalue weighted by molar-refractivity contribution is 5.89. The van der Waals surface area contributed by atoms with E-state index in [9.17, 15) is 0 Å². The van der Waals surface area contributed by atoms with Crippen LogP contribution in [0.5, 0.6) is 0 Å². The van der Waals surface area contributed by atoms with Crippen LogP contribution in [0.1, 0.15) is 19.8 Å². The minimum Gasteiger partial charge on any atom is -0.297 e. The summed E-state index contributed by atoms with van der Waals surface area (Å²) < 4.78 is 0. The van der Waals surface area contributed by atoms with Gasteiger partial charge < -0.3 is 0 Å². The van der Waals surface area contributed by atoms with Gasteiger partial charge in [-0.3, -0.25) is 4.99 Å². The van der Waals surface area contributed by atoms with E-state index >= 15 is 0 Å². The van der Waals surface area contributed by atoms with Gasteiger partial charge in [-0.25, -0.2) is 0 Å². The molecule has 1 aliphatic rings. The smallest absolute Gasteiger partial charge is 0.0276 e. The SMILES string of the molecule is CN=C1CC(C)C1. The minimum atomic E-state index is 0.915. The highest BCUT2D eigenvalue weighted by Crippen LogP contribution is 2.22. The van der Waals surface area contributed by atoms with Crippen LogP contribution in [0.25, 0.3) is 0 Å². The molecule has 0 aromatic carbocycles. The summed E-state index contributed by atoms with van der Waals surface area (Å²) in [6, 6.07) is 0. The van der Waals surface area contributed by atoms with Crippen LogP contribution in [-0.4, -0.2) is 12.8 Å². The minimum absolute atomic E-state index is 0.915. The first kappa shape index (κ1) is 4.82. The standard InChI is InChI=1S/C6H11N/c1-5-3-6(4-5)7-2/h5H,3-4H2,1-2H3. The molecule has 0 aromatic heterocycles. The second kappa shape index (κ2) is 1.65. The molecular weight excluding hydrogens is 86.1 g/mol. The van der Waals surface area contributed by atoms with Crippen LogP contribution in [-0.2, 0) is 0 Å². The maximum absolute atomic E-state index is 4.06. The zero-order valence-electron chi connectivity index (χ0n) is 4.94. The van der Waals surface area contributed by atoms with Crippen molar-refractivity contribution in [2.45, 2.75) is 19.8 Å². The zero-order chi connectivity index (χ0) is 5.28. The molecule has 0 amide bonds. The Labute approximate surface area is 44.5 Å². The largest absolute Gasteiger partial charge is 0.297 e. The van der Waals surface area contributed by atoms with E-state index in [-0.39, 0.29) is 0 Å². The lowest BCUT2D eigenvalue weighted by Crippen LogP contribution is -2.20. The molecule has 40 valence electrons. The van der Waals surface area contributed by atoms with Crippen LogP contribution >= 0.6 is 0 Å². The molecule has 0 heterocycles. The van der Waals surface area contributed by atoms with E-state index in [1.165, 1.54) is 18.6 Å². The van der Waals surface area contributed by atoms with Crippen LogP contribution in [0.15, 0.2) is 4.99 Å². The molecule has 0 saturated heterocycles. The third-order valence-corrected chi connectivity index (χ3v) is 1.48. The van der Waals surface area contributed by atoms with E-state index in [2.05, 4.69) is 11.9 Å². The molecule has 1 nitrogen and oxygen atoms in total. The summed E-state index contributed by atoms with van der Waals surface area (Å²) >= 11 is 0. The Bertz CT molecular complexity index is 86.4. The van der Waals surface area contributed by atoms with Crippen molar-refractivity contribution in [3.63, 3.8) is 0 Å². The summed E-state index contributed by atoms with van der Waals surface area (Å²) in [4.78, 5) is 4.06. The molecule has 1 aliphatic carbocycles. The maximum atomic E-state index is 4.06. The Morgan fingerprint density at radius 1 is 1.57 bits per heavy atom. The van der Waals surface area contributed by atoms with Crippen molar-refractivity contribution < 1.29 is 0 Å². The molecule has 0 aliphatic heterocycles. The second-order valence-corrected chi connectivity index (χ2v) is 2.30. The zero-order valence-corrected chi connectivity index (χ0v) is 4.94. The van der Waals surface area contributed by atoms with Crippen LogP contribution in [0, 0.1) is 5.92 Å². The fraction of sp³-hybridized carbons (Fsp3) is 0.833. The summed E-state index contributed by atoms with van der Waals surface area (Å²) in [5.41, 5.74) is 1.40. The van der Waals surface area contributed by atoms with Gasteiger partial charge in [0.15, 0.2) is 0 Å². The molecule has 1 rings (SSSR count). The van der Waals surface area contributed by atoms with E-state index < -0.39 is 0 Å². The molecule has 0 atom stereocenters. The molecule has 0 radical (unpaired) electrons. The van der Waals surface area contributed by atoms with Crippen molar-refractivity contribution in [3.8, 4) is 0 Å². The van der Waals surface area contributed by atoms with Crippen LogP contribution < -0.4 is 0 Å². The van der Waals surface area contributed by atoms with Gasteiger partial charge in [-0.2, -0.15) is 0 Å². The van der Waals surface area contributed by atoms with Crippen LogP contribution in [0.3, 0.4) is 0 Å². The van der Waals surface area contributed by atoms with Gasteiger partial charge in [-0.1, -0.05) is 6.92 Å². The Balaban J connectivity index is 2.30. The monoisotopic (exact) mass is 97.1 g/mol. The molecule has 1 saturated carbocycles. The fourth-order valence-electron chi connectivity index (χ4n) is 0.927. The number of rotatable bonds is 0. The van der Waals surface area contributed by atoms with Crippen molar-refractivity contribution in [2.75, 3.05) is 7.05 Å². The summed E-state index contributed by atoms with van der Waals surface area (Å²) in [6.07, 6.45) is 2.49. The first-order valence-corrected chi connectivity index (χ1v) is 2.77. The van der Waals surface area contributed by atoms with Gasteiger partial charge in [0, 0.05) is 12.8 Å². The maximum Gasteiger partial charge on any atom is 0.0276 e. The Kier molecular flexibility index (Phi) is 1.13. The third kappa shape index (κ3) is 0.817. The fourth-order valence-corrected chi connectivity index (χ4v) is 0.927. The third-order valence-electron chi connectivity index (χ3n) is 1.48. The number of aliphatic imine (C=N–C) groups is 1. The average Bonchev–Trinajstić information content (AvgIpc) is 1.58. The van der Waals surface area contributed by atoms with Gasteiger partial charge in [-0.15, -0.1) is 0 Å². The quantitative estimate of drug-likeness (QED) is 0.434. The van der Waals surface area contributed by atoms with E-state index in [1.807, 2.05) is 7.05 Å². The van der Waals surface area contributed by atoms with Gasteiger partial charge in [-0.05, 0) is 18.8 Å². The molecule has 0 bridgehead atoms. The van der Waals surface area contributed by atoms with Crippen molar-refractivity contribution in [2.24, 2.45) is 10.9 Å². The van der Waals surface area contributed by atoms with Crippen molar-refractivity contribution in [1.29, 1.82) is 0 Å². The molecule has 1 heteroatoms. The van der Waals surface area contributed by atoms with Gasteiger partial charge in [0.1, 0.15) is 0 Å². The summed E-state index contributed by atoms with van der Waals surface area (Å²) in [5.74, 6) is 0.915. The number of hydrogen-bond donors (Lipinski definition) is 0. The molecular formula is C6H11N. The Hall–Kier alpha value is -0.330. The van der Waals surface area contributed by atoms with E-state index in [1.54, 1.807) is 0 Å². The first-order valence-electron chi connectivity index (χ1n) is 2.77. The predicted octanol–water partition coefficient (Wildman–Crippen LogP) is 1.49. The normalized spacial score (nSPS) is 29.4. The lowest BCUT2D eigenvalue weighted by molar-refractivity contribution is 0.554. The van der Waals surface area contributed by atoms with Crippen LogP contribution in [0.4, 0.5) is 0 Å². The van der Waals surface area contributed by atoms with Gasteiger partial charge in [0.25, 0.3) is 0 Å². The summed E-state index contributed by atoms with van der Waals surface area (Å²) in [6.45, 7) is 2.26. The van der Waals surface area contributed by atoms with Crippen LogP contribution in [0.2, 0.25) is 0 Å². The van der Waals surface area contributed by atoms with Crippen molar-refractivity contribution in [3.05, 3.63) is 0 Å². The lowest BCUT2D eigenvalue weighted by Gasteiger charge is -2.22. The molecule has 7 heavy (non-hydrogen) atoms. The summed E-state index contributed by atoms with van der Waals surface area (Å²) in [7, 11) is 1.88. The van der Waals surface area contributed by atoms with Gasteiger partial charge in [0.05, 0.1) is 0 Å².